The van der Waals surface area contributed by atoms with Crippen LogP contribution in [0.5, 0.6) is 0 Å². The Morgan fingerprint density at radius 1 is 0.536 bits per heavy atom. The van der Waals surface area contributed by atoms with Crippen molar-refractivity contribution >= 4 is 47.0 Å². The van der Waals surface area contributed by atoms with Gasteiger partial charge in [-0.1, -0.05) is 224 Å². The summed E-state index contributed by atoms with van der Waals surface area (Å²) in [6.45, 7) is 41.8. The highest BCUT2D eigenvalue weighted by Crippen LogP contribution is 2.52. The minimum atomic E-state index is -5.53. The number of unbranched alkanes of at least 4 members (excludes halogenated alkanes) is 2. The minimum absolute atomic E-state index is 0. The van der Waals surface area contributed by atoms with Gasteiger partial charge in [-0.2, -0.15) is 21.6 Å². The van der Waals surface area contributed by atoms with Crippen LogP contribution in [0.3, 0.4) is 0 Å². The number of alkyl halides is 3. The number of allylic oxidation sites excluding steroid dienone is 4. The first kappa shape index (κ1) is 92.0. The van der Waals surface area contributed by atoms with E-state index in [9.17, 15) is 46.5 Å². The van der Waals surface area contributed by atoms with Gasteiger partial charge in [-0.05, 0) is 193 Å². The Bertz CT molecular complexity index is 2570. The van der Waals surface area contributed by atoms with Gasteiger partial charge in [0.15, 0.2) is 0 Å². The lowest BCUT2D eigenvalue weighted by Gasteiger charge is -2.45. The van der Waals surface area contributed by atoms with Crippen LogP contribution in [0.15, 0.2) is 85.0 Å². The fraction of sp³-hybridized carbons (Fsp3) is 0.769. The van der Waals surface area contributed by atoms with E-state index < -0.39 is 58.9 Å². The zero-order valence-corrected chi connectivity index (χ0v) is 67.2. The molecule has 0 unspecified atom stereocenters. The number of aryl methyl sites for hydroxylation is 2. The Balaban J connectivity index is 0.000000824. The number of halogens is 3. The molecule has 0 heterocycles. The topological polar surface area (TPSA) is 175 Å². The lowest BCUT2D eigenvalue weighted by atomic mass is 9.83. The quantitative estimate of drug-likeness (QED) is 0.0190. The third-order valence-corrected chi connectivity index (χ3v) is 42.0. The summed E-state index contributed by atoms with van der Waals surface area (Å²) >= 11 is 0. The average molecular weight is 1440 g/mol. The van der Waals surface area contributed by atoms with Crippen molar-refractivity contribution in [3.05, 3.63) is 96.1 Å². The highest BCUT2D eigenvalue weighted by atomic mass is 32.2. The smallest absolute Gasteiger partial charge is 0.469 e. The SMILES string of the molecule is C.CC(C)[Si](OS(=O)(=O)C(F)(F)F)(C(C)C)C(C)C.COC(=O)CCC/C=C\C[C@@H]1[C@@H](CC[C@@H](O)CCc2ccccc2)[C@H](O)C[C@@H]1O.COC(=O)CCC/C=C\C[C@@H]1[C@@H](CC[C@H](CCc2ccccc2)O[Si](C(C)C)(C(C)C)C(C)C)[C@H](C)C[C@@H]1O[Si](C(C)C)(C(C)C)C(C)C. The molecule has 2 aliphatic carbocycles. The lowest BCUT2D eigenvalue weighted by molar-refractivity contribution is -0.141. The maximum absolute atomic E-state index is 12.5. The van der Waals surface area contributed by atoms with Crippen LogP contribution in [0.4, 0.5) is 13.2 Å². The van der Waals surface area contributed by atoms with E-state index >= 15 is 0 Å². The van der Waals surface area contributed by atoms with Crippen LogP contribution < -0.4 is 0 Å². The van der Waals surface area contributed by atoms with Crippen molar-refractivity contribution in [1.29, 1.82) is 0 Å². The van der Waals surface area contributed by atoms with Crippen LogP contribution in [0.2, 0.25) is 49.9 Å². The van der Waals surface area contributed by atoms with E-state index in [1.165, 1.54) is 31.8 Å². The van der Waals surface area contributed by atoms with E-state index in [1.807, 2.05) is 30.4 Å². The number of hydrogen-bond acceptors (Lipinski definition) is 12. The fourth-order valence-electron chi connectivity index (χ4n) is 17.0. The van der Waals surface area contributed by atoms with Crippen molar-refractivity contribution in [2.75, 3.05) is 14.2 Å². The summed E-state index contributed by atoms with van der Waals surface area (Å²) < 4.78 is 89.4. The van der Waals surface area contributed by atoms with E-state index in [0.717, 1.165) is 70.6 Å². The second-order valence-electron chi connectivity index (χ2n) is 30.8. The summed E-state index contributed by atoms with van der Waals surface area (Å²) in [6, 6.07) is 21.1. The Hall–Kier alpha value is -2.99. The fourth-order valence-corrected chi connectivity index (χ4v) is 36.4. The van der Waals surface area contributed by atoms with Gasteiger partial charge in [0.25, 0.3) is 0 Å². The van der Waals surface area contributed by atoms with Crippen LogP contribution in [-0.4, -0.2) is 111 Å². The number of ether oxygens (including phenoxy) is 2. The zero-order valence-electron chi connectivity index (χ0n) is 63.3. The second kappa shape index (κ2) is 44.5. The highest BCUT2D eigenvalue weighted by Gasteiger charge is 2.57. The van der Waals surface area contributed by atoms with Gasteiger partial charge in [-0.3, -0.25) is 9.59 Å². The molecule has 12 nitrogen and oxygen atoms in total. The Morgan fingerprint density at radius 3 is 1.33 bits per heavy atom. The van der Waals surface area contributed by atoms with Crippen LogP contribution >= 0.6 is 0 Å². The number of aliphatic hydroxyl groups is 3. The van der Waals surface area contributed by atoms with E-state index in [1.54, 1.807) is 41.5 Å². The molecule has 0 spiro atoms. The van der Waals surface area contributed by atoms with Crippen molar-refractivity contribution in [3.63, 3.8) is 0 Å². The number of methoxy groups -OCH3 is 2. The summed E-state index contributed by atoms with van der Waals surface area (Å²) in [4.78, 5) is 22.8. The molecule has 562 valence electrons. The zero-order chi connectivity index (χ0) is 72.9. The molecule has 2 aliphatic rings. The van der Waals surface area contributed by atoms with Gasteiger partial charge in [-0.25, -0.2) is 0 Å². The normalized spacial score (nSPS) is 21.2. The van der Waals surface area contributed by atoms with E-state index in [4.69, 9.17) is 17.5 Å². The molecule has 2 aromatic carbocycles. The number of hydrogen-bond donors (Lipinski definition) is 3. The first-order valence-corrected chi connectivity index (χ1v) is 44.6. The molecule has 0 aromatic heterocycles. The third kappa shape index (κ3) is 28.0. The van der Waals surface area contributed by atoms with E-state index in [2.05, 4.69) is 149 Å². The molecule has 0 aliphatic heterocycles. The number of esters is 2. The standard InChI is InChI=1S/C43H78O4Si2.C24H36O5.C10H21F3O3SSi.CH4/c1-31(2)48(32(3)4,33(5)6)46-39(27-26-38-22-18-17-19-23-38)28-29-40-37(13)30-42(47-49(34(7)8,35(9)10)36(11)12)41(40)24-20-15-16-21-25-43(44)45-14;1-29-24(28)12-8-3-2-7-11-20-21(23(27)17-22(20)26)16-15-19(25)14-13-18-9-5-4-6-10-18;1-7(2)18(8(3)4,9(5)6)16-17(14,15)10(11,12)13;/h15,17-20,22-23,31-37,39-42H,16,21,24-30H2,1-14H3;2,4-7,9-10,19-23,25-27H,3,8,11-17H2,1H3;7-9H,1-6H3;1H4/b20-15-;7-2-;;/t37-,39+,40+,41-,42+;19-,20+,21+,22-,23+;;/m10../s1. The number of aliphatic hydroxyl groups excluding tert-OH is 3. The maximum atomic E-state index is 12.5. The van der Waals surface area contributed by atoms with Gasteiger partial charge in [-0.15, -0.1) is 0 Å². The molecule has 2 aromatic rings. The van der Waals surface area contributed by atoms with Gasteiger partial charge >= 0.3 is 27.6 Å². The van der Waals surface area contributed by atoms with Gasteiger partial charge < -0.3 is 37.5 Å². The summed E-state index contributed by atoms with van der Waals surface area (Å²) in [5, 5.41) is 31.1. The largest absolute Gasteiger partial charge is 0.522 e. The predicted molar refractivity (Wildman–Crippen MR) is 403 cm³/mol. The van der Waals surface area contributed by atoms with Crippen LogP contribution in [0, 0.1) is 29.6 Å². The molecule has 19 heteroatoms. The summed E-state index contributed by atoms with van der Waals surface area (Å²) in [5.41, 5.74) is 0.0582. The number of carbonyl (C=O) groups excluding carboxylic acids is 2. The molecular weight excluding hydrogens is 1300 g/mol. The molecule has 0 amide bonds. The Kier molecular flexibility index (Phi) is 42.2. The van der Waals surface area contributed by atoms with Gasteiger partial charge in [0.1, 0.15) is 0 Å². The van der Waals surface area contributed by atoms with Gasteiger partial charge in [0.2, 0.25) is 25.0 Å². The summed E-state index contributed by atoms with van der Waals surface area (Å²) in [6.07, 6.45) is 22.9. The predicted octanol–water partition coefficient (Wildman–Crippen LogP) is 21.2. The van der Waals surface area contributed by atoms with Crippen LogP contribution in [-0.2, 0) is 54.7 Å². The first-order chi connectivity index (χ1) is 44.8. The molecule has 2 fully saturated rings. The second-order valence-corrected chi connectivity index (χ2v) is 48.8. The highest BCUT2D eigenvalue weighted by molar-refractivity contribution is 7.88. The third-order valence-electron chi connectivity index (χ3n) is 21.7. The van der Waals surface area contributed by atoms with Crippen molar-refractivity contribution in [1.82, 2.24) is 0 Å². The molecule has 0 bridgehead atoms. The molecule has 0 saturated heterocycles. The molecule has 2 saturated carbocycles. The summed E-state index contributed by atoms with van der Waals surface area (Å²) in [7, 11) is -9.80. The molecule has 3 N–H and O–H groups in total. The molecule has 97 heavy (non-hydrogen) atoms. The Morgan fingerprint density at radius 2 is 0.928 bits per heavy atom. The molecular formula is C78H139F3O12SSi3. The minimum Gasteiger partial charge on any atom is -0.469 e. The number of carbonyl (C=O) groups is 2. The van der Waals surface area contributed by atoms with E-state index in [-0.39, 0.29) is 53.9 Å². The van der Waals surface area contributed by atoms with Gasteiger partial charge in [0, 0.05) is 25.0 Å². The number of benzene rings is 2. The van der Waals surface area contributed by atoms with Gasteiger partial charge in [0.05, 0.1) is 32.5 Å². The van der Waals surface area contributed by atoms with Crippen LogP contribution in [0.1, 0.15) is 253 Å². The van der Waals surface area contributed by atoms with E-state index in [0.29, 0.717) is 95.6 Å². The maximum Gasteiger partial charge on any atom is 0.522 e. The lowest BCUT2D eigenvalue weighted by Crippen LogP contribution is -2.51. The Labute approximate surface area is 592 Å². The van der Waals surface area contributed by atoms with Crippen molar-refractivity contribution in [2.24, 2.45) is 29.6 Å². The molecule has 10 atom stereocenters. The van der Waals surface area contributed by atoms with Crippen molar-refractivity contribution in [3.8, 4) is 0 Å². The van der Waals surface area contributed by atoms with Crippen molar-refractivity contribution < 1.29 is 68.7 Å². The summed E-state index contributed by atoms with van der Waals surface area (Å²) in [5.74, 6) is 1.45. The van der Waals surface area contributed by atoms with Crippen molar-refractivity contribution in [2.45, 2.75) is 340 Å². The monoisotopic (exact) mass is 1440 g/mol. The molecule has 4 rings (SSSR count). The van der Waals surface area contributed by atoms with Crippen LogP contribution in [0.25, 0.3) is 0 Å². The molecule has 0 radical (unpaired) electrons. The average Bonchev–Trinajstić information content (AvgIpc) is 1.56. The first-order valence-electron chi connectivity index (χ1n) is 36.8. The number of rotatable bonds is 39.